The lowest BCUT2D eigenvalue weighted by molar-refractivity contribution is 0.103. The zero-order chi connectivity index (χ0) is 14.1. The van der Waals surface area contributed by atoms with Crippen molar-refractivity contribution >= 4 is 32.6 Å². The van der Waals surface area contributed by atoms with Crippen LogP contribution in [0, 0.1) is 5.82 Å². The zero-order valence-electron chi connectivity index (χ0n) is 10.3. The molecule has 0 amide bonds. The van der Waals surface area contributed by atoms with Gasteiger partial charge in [0.1, 0.15) is 5.82 Å². The van der Waals surface area contributed by atoms with Gasteiger partial charge in [-0.15, -0.1) is 0 Å². The molecule has 0 saturated carbocycles. The Bertz CT molecular complexity index is 816. The first kappa shape index (κ1) is 12.9. The molecule has 20 heavy (non-hydrogen) atoms. The largest absolute Gasteiger partial charge is 0.288 e. The van der Waals surface area contributed by atoms with Crippen molar-refractivity contribution in [2.24, 2.45) is 0 Å². The van der Waals surface area contributed by atoms with Crippen molar-refractivity contribution in [3.8, 4) is 0 Å². The van der Waals surface area contributed by atoms with E-state index in [0.29, 0.717) is 10.0 Å². The minimum absolute atomic E-state index is 0.0661. The lowest BCUT2D eigenvalue weighted by Crippen LogP contribution is -2.04. The molecule has 0 unspecified atom stereocenters. The molecule has 0 spiro atoms. The van der Waals surface area contributed by atoms with E-state index in [2.05, 4.69) is 20.9 Å². The molecule has 0 saturated heterocycles. The van der Waals surface area contributed by atoms with Crippen LogP contribution in [0.5, 0.6) is 0 Å². The number of aromatic nitrogens is 1. The Hall–Kier alpha value is -2.07. The molecule has 3 rings (SSSR count). The number of carbonyl (C=O) groups excluding carboxylic acids is 1. The number of rotatable bonds is 2. The smallest absolute Gasteiger partial charge is 0.195 e. The zero-order valence-corrected chi connectivity index (χ0v) is 11.9. The SMILES string of the molecule is O=C(c1ccc2ncccc2c1)c1ccc(Br)cc1F. The van der Waals surface area contributed by atoms with Crippen molar-refractivity contribution in [3.63, 3.8) is 0 Å². The summed E-state index contributed by atoms with van der Waals surface area (Å²) in [4.78, 5) is 16.5. The Morgan fingerprint density at radius 1 is 1.10 bits per heavy atom. The maximum atomic E-state index is 13.8. The Labute approximate surface area is 123 Å². The van der Waals surface area contributed by atoms with Crippen LogP contribution < -0.4 is 0 Å². The minimum Gasteiger partial charge on any atom is -0.288 e. The Morgan fingerprint density at radius 3 is 2.75 bits per heavy atom. The number of benzene rings is 2. The summed E-state index contributed by atoms with van der Waals surface area (Å²) in [6.07, 6.45) is 1.69. The van der Waals surface area contributed by atoms with E-state index in [-0.39, 0.29) is 11.3 Å². The van der Waals surface area contributed by atoms with Gasteiger partial charge in [-0.1, -0.05) is 22.0 Å². The summed E-state index contributed by atoms with van der Waals surface area (Å²) in [5, 5.41) is 0.857. The summed E-state index contributed by atoms with van der Waals surface area (Å²) in [5.74, 6) is -0.864. The third kappa shape index (κ3) is 2.34. The second kappa shape index (κ2) is 5.13. The molecule has 98 valence electrons. The molecule has 0 N–H and O–H groups in total. The lowest BCUT2D eigenvalue weighted by Gasteiger charge is -2.04. The lowest BCUT2D eigenvalue weighted by atomic mass is 10.0. The monoisotopic (exact) mass is 329 g/mol. The van der Waals surface area contributed by atoms with Crippen molar-refractivity contribution in [2.45, 2.75) is 0 Å². The molecule has 0 radical (unpaired) electrons. The highest BCUT2D eigenvalue weighted by atomic mass is 79.9. The van der Waals surface area contributed by atoms with Gasteiger partial charge in [-0.25, -0.2) is 4.39 Å². The highest BCUT2D eigenvalue weighted by Crippen LogP contribution is 2.20. The van der Waals surface area contributed by atoms with Gasteiger partial charge in [0.25, 0.3) is 0 Å². The topological polar surface area (TPSA) is 30.0 Å². The van der Waals surface area contributed by atoms with Crippen LogP contribution in [0.1, 0.15) is 15.9 Å². The van der Waals surface area contributed by atoms with E-state index in [1.165, 1.54) is 12.1 Å². The van der Waals surface area contributed by atoms with Crippen LogP contribution >= 0.6 is 15.9 Å². The molecule has 1 aromatic heterocycles. The first-order chi connectivity index (χ1) is 9.65. The Morgan fingerprint density at radius 2 is 1.95 bits per heavy atom. The van der Waals surface area contributed by atoms with Gasteiger partial charge in [0.05, 0.1) is 11.1 Å². The van der Waals surface area contributed by atoms with Crippen LogP contribution in [0.15, 0.2) is 59.2 Å². The average Bonchev–Trinajstić information content (AvgIpc) is 2.46. The molecule has 0 aliphatic rings. The van der Waals surface area contributed by atoms with Gasteiger partial charge in [0, 0.05) is 21.6 Å². The summed E-state index contributed by atoms with van der Waals surface area (Å²) in [5.41, 5.74) is 1.32. The fraction of sp³-hybridized carbons (Fsp3) is 0. The number of hydrogen-bond donors (Lipinski definition) is 0. The van der Waals surface area contributed by atoms with Crippen LogP contribution in [-0.4, -0.2) is 10.8 Å². The Kier molecular flexibility index (Phi) is 3.32. The fourth-order valence-corrected chi connectivity index (χ4v) is 2.38. The standard InChI is InChI=1S/C16H9BrFNO/c17-12-4-5-13(14(18)9-12)16(20)11-3-6-15-10(8-11)2-1-7-19-15/h1-9H. The molecule has 0 atom stereocenters. The van der Waals surface area contributed by atoms with E-state index in [0.717, 1.165) is 10.9 Å². The Balaban J connectivity index is 2.08. The predicted octanol–water partition coefficient (Wildman–Crippen LogP) is 4.37. The first-order valence-corrected chi connectivity index (χ1v) is 6.79. The molecule has 0 aliphatic heterocycles. The fourth-order valence-electron chi connectivity index (χ4n) is 2.05. The summed E-state index contributed by atoms with van der Waals surface area (Å²) in [6, 6.07) is 13.3. The van der Waals surface area contributed by atoms with Crippen molar-refractivity contribution < 1.29 is 9.18 Å². The molecular formula is C16H9BrFNO. The summed E-state index contributed by atoms with van der Waals surface area (Å²) in [7, 11) is 0. The van der Waals surface area contributed by atoms with E-state index in [9.17, 15) is 9.18 Å². The molecule has 4 heteroatoms. The summed E-state index contributed by atoms with van der Waals surface area (Å²) >= 11 is 3.17. The quantitative estimate of drug-likeness (QED) is 0.653. The highest BCUT2D eigenvalue weighted by Gasteiger charge is 2.14. The number of pyridine rings is 1. The van der Waals surface area contributed by atoms with Crippen molar-refractivity contribution in [2.75, 3.05) is 0 Å². The maximum absolute atomic E-state index is 13.8. The van der Waals surface area contributed by atoms with Crippen molar-refractivity contribution in [3.05, 3.63) is 76.1 Å². The van der Waals surface area contributed by atoms with E-state index in [4.69, 9.17) is 0 Å². The second-order valence-electron chi connectivity index (χ2n) is 4.36. The first-order valence-electron chi connectivity index (χ1n) is 6.00. The third-order valence-electron chi connectivity index (χ3n) is 3.04. The van der Waals surface area contributed by atoms with Crippen LogP contribution in [0.2, 0.25) is 0 Å². The normalized spacial score (nSPS) is 10.7. The van der Waals surface area contributed by atoms with Gasteiger partial charge in [-0.05, 0) is 42.5 Å². The molecule has 0 aliphatic carbocycles. The number of hydrogen-bond acceptors (Lipinski definition) is 2. The van der Waals surface area contributed by atoms with Gasteiger partial charge in [-0.2, -0.15) is 0 Å². The van der Waals surface area contributed by atoms with E-state index in [1.807, 2.05) is 6.07 Å². The molecule has 1 heterocycles. The van der Waals surface area contributed by atoms with Crippen LogP contribution in [-0.2, 0) is 0 Å². The van der Waals surface area contributed by atoms with Gasteiger partial charge < -0.3 is 0 Å². The molecule has 0 bridgehead atoms. The van der Waals surface area contributed by atoms with Crippen LogP contribution in [0.4, 0.5) is 4.39 Å². The van der Waals surface area contributed by atoms with Gasteiger partial charge in [-0.3, -0.25) is 9.78 Å². The number of halogens is 2. The van der Waals surface area contributed by atoms with Gasteiger partial charge >= 0.3 is 0 Å². The molecule has 0 fully saturated rings. The summed E-state index contributed by atoms with van der Waals surface area (Å²) < 4.78 is 14.4. The van der Waals surface area contributed by atoms with E-state index >= 15 is 0 Å². The highest BCUT2D eigenvalue weighted by molar-refractivity contribution is 9.10. The van der Waals surface area contributed by atoms with Gasteiger partial charge in [0.15, 0.2) is 5.78 Å². The molecule has 2 nitrogen and oxygen atoms in total. The molecular weight excluding hydrogens is 321 g/mol. The average molecular weight is 330 g/mol. The van der Waals surface area contributed by atoms with Crippen molar-refractivity contribution in [1.29, 1.82) is 0 Å². The number of nitrogens with zero attached hydrogens (tertiary/aromatic N) is 1. The summed E-state index contributed by atoms with van der Waals surface area (Å²) in [6.45, 7) is 0. The predicted molar refractivity (Wildman–Crippen MR) is 79.3 cm³/mol. The molecule has 2 aromatic carbocycles. The number of fused-ring (bicyclic) bond motifs is 1. The third-order valence-corrected chi connectivity index (χ3v) is 3.53. The van der Waals surface area contributed by atoms with E-state index < -0.39 is 5.82 Å². The molecule has 3 aromatic rings. The minimum atomic E-state index is -0.532. The van der Waals surface area contributed by atoms with Gasteiger partial charge in [0.2, 0.25) is 0 Å². The van der Waals surface area contributed by atoms with E-state index in [1.54, 1.807) is 36.5 Å². The number of ketones is 1. The number of carbonyl (C=O) groups is 1. The van der Waals surface area contributed by atoms with Crippen LogP contribution in [0.25, 0.3) is 10.9 Å². The van der Waals surface area contributed by atoms with Crippen LogP contribution in [0.3, 0.4) is 0 Å². The maximum Gasteiger partial charge on any atom is 0.195 e. The van der Waals surface area contributed by atoms with Crippen molar-refractivity contribution in [1.82, 2.24) is 4.98 Å². The second-order valence-corrected chi connectivity index (χ2v) is 5.28.